The summed E-state index contributed by atoms with van der Waals surface area (Å²) in [5, 5.41) is 12.6. The summed E-state index contributed by atoms with van der Waals surface area (Å²) in [5.41, 5.74) is 2.57. The Hall–Kier alpha value is -1.52. The van der Waals surface area contributed by atoms with Gasteiger partial charge in [-0.3, -0.25) is 0 Å². The number of hydrogen-bond acceptors (Lipinski definition) is 2. The van der Waals surface area contributed by atoms with Crippen LogP contribution in [0.15, 0.2) is 40.9 Å². The lowest BCUT2D eigenvalue weighted by atomic mass is 10.1. The topological polar surface area (TPSA) is 49.3 Å². The van der Waals surface area contributed by atoms with E-state index in [2.05, 4.69) is 21.2 Å². The molecule has 0 aliphatic carbocycles. The summed E-state index contributed by atoms with van der Waals surface area (Å²) in [7, 11) is 0. The second-order valence-electron chi connectivity index (χ2n) is 4.08. The smallest absolute Gasteiger partial charge is 0.337 e. The van der Waals surface area contributed by atoms with E-state index >= 15 is 0 Å². The largest absolute Gasteiger partial charge is 0.478 e. The monoisotopic (exact) mass is 339 g/mol. The molecule has 2 N–H and O–H groups in total. The second-order valence-corrected chi connectivity index (χ2v) is 5.37. The zero-order valence-corrected chi connectivity index (χ0v) is 12.4. The molecule has 19 heavy (non-hydrogen) atoms. The van der Waals surface area contributed by atoms with Crippen LogP contribution in [0, 0.1) is 6.92 Å². The summed E-state index contributed by atoms with van der Waals surface area (Å²) in [6.07, 6.45) is 0. The average molecular weight is 341 g/mol. The van der Waals surface area contributed by atoms with E-state index in [0.29, 0.717) is 10.7 Å². The number of carboxylic acids is 1. The maximum Gasteiger partial charge on any atom is 0.337 e. The number of aryl methyl sites for hydroxylation is 1. The molecule has 0 amide bonds. The van der Waals surface area contributed by atoms with E-state index in [1.165, 1.54) is 6.07 Å². The third-order valence-electron chi connectivity index (χ3n) is 2.66. The number of carbonyl (C=O) groups is 1. The summed E-state index contributed by atoms with van der Waals surface area (Å²) >= 11 is 9.25. The van der Waals surface area contributed by atoms with Gasteiger partial charge in [-0.1, -0.05) is 33.6 Å². The maximum atomic E-state index is 11.2. The highest BCUT2D eigenvalue weighted by Gasteiger charge is 2.11. The Bertz CT molecular complexity index is 643. The lowest BCUT2D eigenvalue weighted by Gasteiger charge is -2.11. The molecule has 0 unspecified atom stereocenters. The first-order valence-corrected chi connectivity index (χ1v) is 6.70. The number of halogens is 2. The van der Waals surface area contributed by atoms with Crippen LogP contribution in [0.3, 0.4) is 0 Å². The maximum absolute atomic E-state index is 11.2. The Morgan fingerprint density at radius 2 is 2.00 bits per heavy atom. The van der Waals surface area contributed by atoms with Gasteiger partial charge in [0.15, 0.2) is 0 Å². The van der Waals surface area contributed by atoms with Crippen molar-refractivity contribution in [2.75, 3.05) is 5.32 Å². The zero-order valence-electron chi connectivity index (χ0n) is 10.1. The van der Waals surface area contributed by atoms with Crippen LogP contribution in [0.25, 0.3) is 0 Å². The first kappa shape index (κ1) is 13.9. The highest BCUT2D eigenvalue weighted by atomic mass is 79.9. The van der Waals surface area contributed by atoms with Crippen LogP contribution in [0.1, 0.15) is 15.9 Å². The van der Waals surface area contributed by atoms with E-state index in [0.717, 1.165) is 15.7 Å². The quantitative estimate of drug-likeness (QED) is 0.839. The second kappa shape index (κ2) is 5.63. The van der Waals surface area contributed by atoms with Gasteiger partial charge >= 0.3 is 5.97 Å². The summed E-state index contributed by atoms with van der Waals surface area (Å²) in [6.45, 7) is 1.98. The lowest BCUT2D eigenvalue weighted by molar-refractivity contribution is 0.0698. The molecule has 2 aromatic rings. The van der Waals surface area contributed by atoms with Gasteiger partial charge in [0, 0.05) is 15.2 Å². The minimum Gasteiger partial charge on any atom is -0.478 e. The van der Waals surface area contributed by atoms with Crippen molar-refractivity contribution < 1.29 is 9.90 Å². The molecule has 0 aliphatic heterocycles. The number of hydrogen-bond donors (Lipinski definition) is 2. The van der Waals surface area contributed by atoms with Gasteiger partial charge in [0.1, 0.15) is 0 Å². The highest BCUT2D eigenvalue weighted by molar-refractivity contribution is 9.10. The molecule has 0 radical (unpaired) electrons. The molecule has 98 valence electrons. The van der Waals surface area contributed by atoms with Gasteiger partial charge in [-0.05, 0) is 42.8 Å². The molecule has 0 atom stereocenters. The standard InChI is InChI=1S/C14H11BrClNO2/c1-8-2-4-10(7-12(8)15)17-13-5-3-9(16)6-11(13)14(18)19/h2-7,17H,1H3,(H,18,19). The van der Waals surface area contributed by atoms with Crippen molar-refractivity contribution >= 4 is 44.9 Å². The van der Waals surface area contributed by atoms with Crippen LogP contribution >= 0.6 is 27.5 Å². The zero-order chi connectivity index (χ0) is 14.0. The molecule has 0 fully saturated rings. The van der Waals surface area contributed by atoms with Crippen LogP contribution in [0.4, 0.5) is 11.4 Å². The Labute approximate surface area is 124 Å². The summed E-state index contributed by atoms with van der Waals surface area (Å²) in [4.78, 5) is 11.2. The van der Waals surface area contributed by atoms with E-state index in [4.69, 9.17) is 16.7 Å². The van der Waals surface area contributed by atoms with Crippen LogP contribution < -0.4 is 5.32 Å². The van der Waals surface area contributed by atoms with Crippen molar-refractivity contribution in [2.45, 2.75) is 6.92 Å². The molecule has 2 rings (SSSR count). The van der Waals surface area contributed by atoms with Crippen molar-refractivity contribution in [3.05, 3.63) is 57.0 Å². The number of benzene rings is 2. The number of carboxylic acid groups (broad SMARTS) is 1. The van der Waals surface area contributed by atoms with E-state index in [1.54, 1.807) is 12.1 Å². The van der Waals surface area contributed by atoms with Crippen LogP contribution in [0.2, 0.25) is 5.02 Å². The number of nitrogens with one attached hydrogen (secondary N) is 1. The summed E-state index contributed by atoms with van der Waals surface area (Å²) in [5.74, 6) is -1.02. The molecular weight excluding hydrogens is 330 g/mol. The van der Waals surface area contributed by atoms with Crippen LogP contribution in [-0.2, 0) is 0 Å². The van der Waals surface area contributed by atoms with Gasteiger partial charge in [0.05, 0.1) is 11.3 Å². The number of rotatable bonds is 3. The van der Waals surface area contributed by atoms with Crippen molar-refractivity contribution in [3.8, 4) is 0 Å². The SMILES string of the molecule is Cc1ccc(Nc2ccc(Cl)cc2C(=O)O)cc1Br. The van der Waals surface area contributed by atoms with Gasteiger partial charge in [-0.2, -0.15) is 0 Å². The van der Waals surface area contributed by atoms with Crippen molar-refractivity contribution in [2.24, 2.45) is 0 Å². The Balaban J connectivity index is 2.37. The third kappa shape index (κ3) is 3.28. The molecule has 0 aliphatic rings. The normalized spacial score (nSPS) is 10.3. The number of anilines is 2. The molecule has 0 bridgehead atoms. The predicted molar refractivity (Wildman–Crippen MR) is 80.6 cm³/mol. The number of aromatic carboxylic acids is 1. The molecule has 0 spiro atoms. The molecule has 0 saturated heterocycles. The summed E-state index contributed by atoms with van der Waals surface area (Å²) in [6, 6.07) is 10.5. The average Bonchev–Trinajstić information content (AvgIpc) is 2.36. The first-order valence-electron chi connectivity index (χ1n) is 5.53. The first-order chi connectivity index (χ1) is 8.97. The Morgan fingerprint density at radius 3 is 2.63 bits per heavy atom. The fraction of sp³-hybridized carbons (Fsp3) is 0.0714. The molecule has 3 nitrogen and oxygen atoms in total. The Kier molecular flexibility index (Phi) is 4.12. The van der Waals surface area contributed by atoms with E-state index < -0.39 is 5.97 Å². The molecule has 5 heteroatoms. The van der Waals surface area contributed by atoms with Crippen molar-refractivity contribution in [3.63, 3.8) is 0 Å². The van der Waals surface area contributed by atoms with Gasteiger partial charge < -0.3 is 10.4 Å². The molecular formula is C14H11BrClNO2. The predicted octanol–water partition coefficient (Wildman–Crippen LogP) is 4.85. The van der Waals surface area contributed by atoms with Gasteiger partial charge in [0.25, 0.3) is 0 Å². The minimum atomic E-state index is -1.02. The van der Waals surface area contributed by atoms with E-state index in [1.807, 2.05) is 25.1 Å². The van der Waals surface area contributed by atoms with Crippen LogP contribution in [0.5, 0.6) is 0 Å². The van der Waals surface area contributed by atoms with Gasteiger partial charge in [0.2, 0.25) is 0 Å². The minimum absolute atomic E-state index is 0.143. The third-order valence-corrected chi connectivity index (χ3v) is 3.75. The highest BCUT2D eigenvalue weighted by Crippen LogP contribution is 2.27. The van der Waals surface area contributed by atoms with Gasteiger partial charge in [-0.25, -0.2) is 4.79 Å². The Morgan fingerprint density at radius 1 is 1.26 bits per heavy atom. The van der Waals surface area contributed by atoms with Gasteiger partial charge in [-0.15, -0.1) is 0 Å². The molecule has 0 heterocycles. The lowest BCUT2D eigenvalue weighted by Crippen LogP contribution is -2.02. The van der Waals surface area contributed by atoms with E-state index in [-0.39, 0.29) is 5.56 Å². The van der Waals surface area contributed by atoms with E-state index in [9.17, 15) is 4.79 Å². The van der Waals surface area contributed by atoms with Crippen molar-refractivity contribution in [1.29, 1.82) is 0 Å². The molecule has 0 aromatic heterocycles. The molecule has 0 saturated carbocycles. The van der Waals surface area contributed by atoms with Crippen LogP contribution in [-0.4, -0.2) is 11.1 Å². The molecule has 2 aromatic carbocycles. The fourth-order valence-corrected chi connectivity index (χ4v) is 2.18. The van der Waals surface area contributed by atoms with Crippen molar-refractivity contribution in [1.82, 2.24) is 0 Å². The fourth-order valence-electron chi connectivity index (χ4n) is 1.63. The summed E-state index contributed by atoms with van der Waals surface area (Å²) < 4.78 is 0.961.